The maximum Gasteiger partial charge on any atom is 0.407 e. The van der Waals surface area contributed by atoms with Crippen LogP contribution in [0.3, 0.4) is 0 Å². The van der Waals surface area contributed by atoms with E-state index in [9.17, 15) is 9.59 Å². The van der Waals surface area contributed by atoms with Crippen molar-refractivity contribution in [2.45, 2.75) is 59.5 Å². The van der Waals surface area contributed by atoms with E-state index in [1.54, 1.807) is 6.92 Å². The second-order valence-electron chi connectivity index (χ2n) is 6.81. The predicted octanol–water partition coefficient (Wildman–Crippen LogP) is 3.13. The van der Waals surface area contributed by atoms with Crippen LogP contribution in [0.5, 0.6) is 0 Å². The van der Waals surface area contributed by atoms with E-state index in [1.165, 1.54) is 0 Å². The van der Waals surface area contributed by atoms with Gasteiger partial charge in [0.05, 0.1) is 12.5 Å². The second kappa shape index (κ2) is 7.66. The number of ether oxygens (including phenoxy) is 2. The predicted molar refractivity (Wildman–Crippen MR) is 80.9 cm³/mol. The summed E-state index contributed by atoms with van der Waals surface area (Å²) in [5.74, 6) is 0.265. The van der Waals surface area contributed by atoms with Gasteiger partial charge in [-0.1, -0.05) is 19.8 Å². The molecule has 5 nitrogen and oxygen atoms in total. The molecule has 1 aliphatic carbocycles. The van der Waals surface area contributed by atoms with E-state index in [-0.39, 0.29) is 24.3 Å². The monoisotopic (exact) mass is 299 g/mol. The van der Waals surface area contributed by atoms with Crippen LogP contribution in [0.4, 0.5) is 4.79 Å². The van der Waals surface area contributed by atoms with Gasteiger partial charge in [0.1, 0.15) is 5.60 Å². The van der Waals surface area contributed by atoms with Gasteiger partial charge in [-0.25, -0.2) is 4.79 Å². The van der Waals surface area contributed by atoms with Crippen LogP contribution < -0.4 is 5.32 Å². The number of nitrogens with one attached hydrogen (secondary N) is 1. The number of carbonyl (C=O) groups excluding carboxylic acids is 2. The zero-order valence-electron chi connectivity index (χ0n) is 13.9. The standard InChI is InChI=1S/C16H29NO4/c1-6-20-14(18)13(12-9-7-8-11(12)2)10-17-15(19)21-16(3,4)5/h11-13H,6-10H2,1-5H3,(H,17,19). The summed E-state index contributed by atoms with van der Waals surface area (Å²) in [4.78, 5) is 23.9. The summed E-state index contributed by atoms with van der Waals surface area (Å²) < 4.78 is 10.4. The second-order valence-corrected chi connectivity index (χ2v) is 6.81. The van der Waals surface area contributed by atoms with Crippen molar-refractivity contribution < 1.29 is 19.1 Å². The lowest BCUT2D eigenvalue weighted by molar-refractivity contribution is -0.150. The number of hydrogen-bond acceptors (Lipinski definition) is 4. The molecule has 5 heteroatoms. The first kappa shape index (κ1) is 17.8. The van der Waals surface area contributed by atoms with Crippen LogP contribution >= 0.6 is 0 Å². The molecule has 0 aliphatic heterocycles. The third kappa shape index (κ3) is 5.94. The molecule has 3 atom stereocenters. The van der Waals surface area contributed by atoms with Crippen LogP contribution in [0.25, 0.3) is 0 Å². The molecule has 0 aromatic rings. The molecule has 1 rings (SSSR count). The van der Waals surface area contributed by atoms with Gasteiger partial charge >= 0.3 is 12.1 Å². The van der Waals surface area contributed by atoms with E-state index in [0.717, 1.165) is 19.3 Å². The van der Waals surface area contributed by atoms with Crippen LogP contribution in [0.1, 0.15) is 53.9 Å². The fraction of sp³-hybridized carbons (Fsp3) is 0.875. The molecule has 0 bridgehead atoms. The Balaban J connectivity index is 2.61. The minimum atomic E-state index is -0.538. The first-order valence-electron chi connectivity index (χ1n) is 7.88. The van der Waals surface area contributed by atoms with Crippen LogP contribution in [0, 0.1) is 17.8 Å². The lowest BCUT2D eigenvalue weighted by Gasteiger charge is -2.26. The maximum absolute atomic E-state index is 12.2. The average molecular weight is 299 g/mol. The van der Waals surface area contributed by atoms with Gasteiger partial charge in [0.25, 0.3) is 0 Å². The molecule has 0 spiro atoms. The van der Waals surface area contributed by atoms with Crippen molar-refractivity contribution in [1.82, 2.24) is 5.32 Å². The Morgan fingerprint density at radius 3 is 2.43 bits per heavy atom. The number of alkyl carbamates (subject to hydrolysis) is 1. The Kier molecular flexibility index (Phi) is 6.49. The highest BCUT2D eigenvalue weighted by Gasteiger charge is 2.36. The molecule has 0 heterocycles. The summed E-state index contributed by atoms with van der Waals surface area (Å²) >= 11 is 0. The van der Waals surface area contributed by atoms with Crippen LogP contribution in [-0.4, -0.2) is 30.8 Å². The number of esters is 1. The molecule has 0 saturated heterocycles. The number of amides is 1. The molecule has 1 fully saturated rings. The van der Waals surface area contributed by atoms with Crippen molar-refractivity contribution in [1.29, 1.82) is 0 Å². The van der Waals surface area contributed by atoms with E-state index < -0.39 is 11.7 Å². The average Bonchev–Trinajstić information content (AvgIpc) is 2.74. The molecular weight excluding hydrogens is 270 g/mol. The zero-order valence-corrected chi connectivity index (χ0v) is 13.9. The summed E-state index contributed by atoms with van der Waals surface area (Å²) in [6, 6.07) is 0. The van der Waals surface area contributed by atoms with E-state index in [1.807, 2.05) is 20.8 Å². The van der Waals surface area contributed by atoms with Crippen molar-refractivity contribution in [2.24, 2.45) is 17.8 Å². The van der Waals surface area contributed by atoms with Crippen LogP contribution in [0.15, 0.2) is 0 Å². The highest BCUT2D eigenvalue weighted by atomic mass is 16.6. The molecule has 21 heavy (non-hydrogen) atoms. The molecule has 1 saturated carbocycles. The van der Waals surface area contributed by atoms with Crippen molar-refractivity contribution >= 4 is 12.1 Å². The molecule has 1 amide bonds. The zero-order chi connectivity index (χ0) is 16.0. The first-order valence-corrected chi connectivity index (χ1v) is 7.88. The molecular formula is C16H29NO4. The minimum absolute atomic E-state index is 0.215. The topological polar surface area (TPSA) is 64.6 Å². The summed E-state index contributed by atoms with van der Waals surface area (Å²) in [6.45, 7) is 10.1. The minimum Gasteiger partial charge on any atom is -0.466 e. The lowest BCUT2D eigenvalue weighted by Crippen LogP contribution is -2.40. The lowest BCUT2D eigenvalue weighted by atomic mass is 9.84. The van der Waals surface area contributed by atoms with E-state index in [4.69, 9.17) is 9.47 Å². The Hall–Kier alpha value is -1.26. The van der Waals surface area contributed by atoms with Crippen molar-refractivity contribution in [2.75, 3.05) is 13.2 Å². The molecule has 1 N–H and O–H groups in total. The molecule has 0 aromatic heterocycles. The van der Waals surface area contributed by atoms with Gasteiger partial charge in [-0.05, 0) is 46.0 Å². The highest BCUT2D eigenvalue weighted by molar-refractivity contribution is 5.74. The van der Waals surface area contributed by atoms with E-state index >= 15 is 0 Å². The molecule has 122 valence electrons. The van der Waals surface area contributed by atoms with Gasteiger partial charge in [-0.2, -0.15) is 0 Å². The third-order valence-corrected chi connectivity index (χ3v) is 3.90. The fourth-order valence-corrected chi connectivity index (χ4v) is 2.94. The Bertz CT molecular complexity index is 362. The smallest absolute Gasteiger partial charge is 0.407 e. The van der Waals surface area contributed by atoms with Gasteiger partial charge < -0.3 is 14.8 Å². The van der Waals surface area contributed by atoms with Gasteiger partial charge in [0.2, 0.25) is 0 Å². The molecule has 3 unspecified atom stereocenters. The quantitative estimate of drug-likeness (QED) is 0.792. The molecule has 0 radical (unpaired) electrons. The highest BCUT2D eigenvalue weighted by Crippen LogP contribution is 2.37. The van der Waals surface area contributed by atoms with Gasteiger partial charge in [-0.15, -0.1) is 0 Å². The summed E-state index contributed by atoms with van der Waals surface area (Å²) in [5, 5.41) is 2.71. The number of carbonyl (C=O) groups is 2. The molecule has 0 aromatic carbocycles. The Morgan fingerprint density at radius 2 is 1.95 bits per heavy atom. The summed E-state index contributed by atoms with van der Waals surface area (Å²) in [6.07, 6.45) is 2.80. The summed E-state index contributed by atoms with van der Waals surface area (Å²) in [7, 11) is 0. The van der Waals surface area contributed by atoms with Gasteiger partial charge in [-0.3, -0.25) is 4.79 Å². The fourth-order valence-electron chi connectivity index (χ4n) is 2.94. The van der Waals surface area contributed by atoms with Gasteiger partial charge in [0.15, 0.2) is 0 Å². The van der Waals surface area contributed by atoms with Gasteiger partial charge in [0, 0.05) is 6.54 Å². The SMILES string of the molecule is CCOC(=O)C(CNC(=O)OC(C)(C)C)C1CCCC1C. The Labute approximate surface area is 127 Å². The normalized spacial score (nSPS) is 23.5. The van der Waals surface area contributed by atoms with Crippen molar-refractivity contribution in [3.63, 3.8) is 0 Å². The van der Waals surface area contributed by atoms with Crippen molar-refractivity contribution in [3.05, 3.63) is 0 Å². The molecule has 1 aliphatic rings. The number of rotatable bonds is 5. The first-order chi connectivity index (χ1) is 9.74. The largest absolute Gasteiger partial charge is 0.466 e. The van der Waals surface area contributed by atoms with E-state index in [0.29, 0.717) is 12.5 Å². The van der Waals surface area contributed by atoms with Crippen molar-refractivity contribution in [3.8, 4) is 0 Å². The number of hydrogen-bond donors (Lipinski definition) is 1. The Morgan fingerprint density at radius 1 is 1.29 bits per heavy atom. The van der Waals surface area contributed by atoms with E-state index in [2.05, 4.69) is 12.2 Å². The maximum atomic E-state index is 12.2. The summed E-state index contributed by atoms with van der Waals surface area (Å²) in [5.41, 5.74) is -0.538. The van der Waals surface area contributed by atoms with Crippen LogP contribution in [-0.2, 0) is 14.3 Å². The third-order valence-electron chi connectivity index (χ3n) is 3.90. The van der Waals surface area contributed by atoms with Crippen LogP contribution in [0.2, 0.25) is 0 Å².